The summed E-state index contributed by atoms with van der Waals surface area (Å²) in [5.74, 6) is 0.510. The molecule has 0 bridgehead atoms. The number of nitrogen functional groups attached to an aromatic ring is 1. The van der Waals surface area contributed by atoms with Crippen LogP contribution in [0.1, 0.15) is 30.1 Å². The molecule has 1 atom stereocenters. The third kappa shape index (κ3) is 2.98. The number of amides is 1. The summed E-state index contributed by atoms with van der Waals surface area (Å²) in [5, 5.41) is 9.28. The van der Waals surface area contributed by atoms with E-state index in [1.54, 1.807) is 23.1 Å². The normalized spacial score (nSPS) is 18.6. The van der Waals surface area contributed by atoms with Crippen molar-refractivity contribution in [3.8, 4) is 5.75 Å². The minimum absolute atomic E-state index is 0.00632. The lowest BCUT2D eigenvalue weighted by molar-refractivity contribution is 0.0677. The van der Waals surface area contributed by atoms with E-state index in [9.17, 15) is 9.90 Å². The van der Waals surface area contributed by atoms with E-state index in [2.05, 4.69) is 0 Å². The summed E-state index contributed by atoms with van der Waals surface area (Å²) in [7, 11) is 0. The van der Waals surface area contributed by atoms with Gasteiger partial charge in [0.25, 0.3) is 5.91 Å². The van der Waals surface area contributed by atoms with Gasteiger partial charge in [-0.3, -0.25) is 4.79 Å². The molecule has 1 heterocycles. The summed E-state index contributed by atoms with van der Waals surface area (Å²) in [5.41, 5.74) is 6.82. The van der Waals surface area contributed by atoms with Crippen LogP contribution < -0.4 is 10.5 Å². The lowest BCUT2D eigenvalue weighted by atomic mass is 10.1. The summed E-state index contributed by atoms with van der Waals surface area (Å²) in [6.45, 7) is 3.10. The Morgan fingerprint density at radius 2 is 2.32 bits per heavy atom. The number of carbonyl (C=O) groups is 1. The molecule has 1 aromatic rings. The largest absolute Gasteiger partial charge is 0.494 e. The standard InChI is InChI=1S/C14H20N2O3/c1-2-19-13-7-10(6-11(15)8-13)14(18)16-5-3-4-12(16)9-17/h6-8,12,17H,2-5,9,15H2,1H3/t12-/m0/s1. The number of aliphatic hydroxyl groups excluding tert-OH is 1. The zero-order valence-corrected chi connectivity index (χ0v) is 11.1. The van der Waals surface area contributed by atoms with E-state index < -0.39 is 0 Å². The number of rotatable bonds is 4. The van der Waals surface area contributed by atoms with Crippen molar-refractivity contribution >= 4 is 11.6 Å². The molecule has 104 valence electrons. The van der Waals surface area contributed by atoms with Crippen LogP contribution in [-0.4, -0.2) is 41.7 Å². The second-order valence-corrected chi connectivity index (χ2v) is 4.70. The average molecular weight is 264 g/mol. The molecule has 1 amide bonds. The lowest BCUT2D eigenvalue weighted by Crippen LogP contribution is -2.37. The monoisotopic (exact) mass is 264 g/mol. The lowest BCUT2D eigenvalue weighted by Gasteiger charge is -2.23. The topological polar surface area (TPSA) is 75.8 Å². The molecule has 1 fully saturated rings. The van der Waals surface area contributed by atoms with Gasteiger partial charge in [-0.2, -0.15) is 0 Å². The van der Waals surface area contributed by atoms with Gasteiger partial charge in [0.2, 0.25) is 0 Å². The van der Waals surface area contributed by atoms with Crippen LogP contribution in [0.2, 0.25) is 0 Å². The number of nitrogens with two attached hydrogens (primary N) is 1. The molecule has 2 rings (SSSR count). The summed E-state index contributed by atoms with van der Waals surface area (Å²) < 4.78 is 5.39. The second kappa shape index (κ2) is 5.93. The van der Waals surface area contributed by atoms with Gasteiger partial charge in [-0.1, -0.05) is 0 Å². The molecule has 1 aliphatic rings. The third-order valence-corrected chi connectivity index (χ3v) is 3.34. The highest BCUT2D eigenvalue weighted by Gasteiger charge is 2.29. The first-order valence-electron chi connectivity index (χ1n) is 6.61. The van der Waals surface area contributed by atoms with Gasteiger partial charge in [-0.05, 0) is 31.9 Å². The molecule has 0 saturated carbocycles. The van der Waals surface area contributed by atoms with Crippen LogP contribution in [-0.2, 0) is 0 Å². The summed E-state index contributed by atoms with van der Waals surface area (Å²) in [6, 6.07) is 4.98. The van der Waals surface area contributed by atoms with Crippen molar-refractivity contribution in [1.29, 1.82) is 0 Å². The number of likely N-dealkylation sites (tertiary alicyclic amines) is 1. The summed E-state index contributed by atoms with van der Waals surface area (Å²) >= 11 is 0. The first kappa shape index (κ1) is 13.7. The van der Waals surface area contributed by atoms with Crippen LogP contribution in [0, 0.1) is 0 Å². The molecule has 1 aromatic carbocycles. The van der Waals surface area contributed by atoms with Crippen LogP contribution in [0.5, 0.6) is 5.75 Å². The fourth-order valence-electron chi connectivity index (χ4n) is 2.45. The minimum Gasteiger partial charge on any atom is -0.494 e. The van der Waals surface area contributed by atoms with Crippen molar-refractivity contribution in [2.75, 3.05) is 25.5 Å². The van der Waals surface area contributed by atoms with Gasteiger partial charge in [-0.25, -0.2) is 0 Å². The maximum atomic E-state index is 12.4. The van der Waals surface area contributed by atoms with E-state index in [4.69, 9.17) is 10.5 Å². The Kier molecular flexibility index (Phi) is 4.27. The van der Waals surface area contributed by atoms with Gasteiger partial charge in [0.05, 0.1) is 19.3 Å². The predicted octanol–water partition coefficient (Wildman–Crippen LogP) is 1.26. The van der Waals surface area contributed by atoms with E-state index in [0.29, 0.717) is 30.2 Å². The van der Waals surface area contributed by atoms with Gasteiger partial charge >= 0.3 is 0 Å². The molecule has 0 aromatic heterocycles. The van der Waals surface area contributed by atoms with E-state index in [-0.39, 0.29) is 18.6 Å². The van der Waals surface area contributed by atoms with Gasteiger partial charge < -0.3 is 20.5 Å². The molecule has 0 spiro atoms. The van der Waals surface area contributed by atoms with Gasteiger partial charge in [0, 0.05) is 23.9 Å². The van der Waals surface area contributed by atoms with E-state index >= 15 is 0 Å². The Balaban J connectivity index is 2.23. The second-order valence-electron chi connectivity index (χ2n) is 4.70. The Morgan fingerprint density at radius 1 is 1.53 bits per heavy atom. The number of hydrogen-bond acceptors (Lipinski definition) is 4. The molecule has 1 saturated heterocycles. The van der Waals surface area contributed by atoms with Crippen molar-refractivity contribution in [3.63, 3.8) is 0 Å². The molecule has 0 radical (unpaired) electrons. The number of nitrogens with zero attached hydrogens (tertiary/aromatic N) is 1. The van der Waals surface area contributed by atoms with Crippen LogP contribution in [0.4, 0.5) is 5.69 Å². The number of carbonyl (C=O) groups excluding carboxylic acids is 1. The Labute approximate surface area is 113 Å². The maximum Gasteiger partial charge on any atom is 0.254 e. The fraction of sp³-hybridized carbons (Fsp3) is 0.500. The molecule has 0 aliphatic carbocycles. The Hall–Kier alpha value is -1.75. The number of hydrogen-bond donors (Lipinski definition) is 2. The van der Waals surface area contributed by atoms with Crippen molar-refractivity contribution in [2.24, 2.45) is 0 Å². The van der Waals surface area contributed by atoms with Crippen molar-refractivity contribution in [1.82, 2.24) is 4.90 Å². The molecule has 5 nitrogen and oxygen atoms in total. The van der Waals surface area contributed by atoms with Crippen molar-refractivity contribution in [3.05, 3.63) is 23.8 Å². The number of aliphatic hydroxyl groups is 1. The number of ether oxygens (including phenoxy) is 1. The van der Waals surface area contributed by atoms with Crippen molar-refractivity contribution in [2.45, 2.75) is 25.8 Å². The van der Waals surface area contributed by atoms with E-state index in [0.717, 1.165) is 12.8 Å². The number of benzene rings is 1. The summed E-state index contributed by atoms with van der Waals surface area (Å²) in [4.78, 5) is 14.1. The Morgan fingerprint density at radius 3 is 3.00 bits per heavy atom. The maximum absolute atomic E-state index is 12.4. The van der Waals surface area contributed by atoms with Crippen LogP contribution >= 0.6 is 0 Å². The van der Waals surface area contributed by atoms with Crippen LogP contribution in [0.3, 0.4) is 0 Å². The number of anilines is 1. The van der Waals surface area contributed by atoms with Crippen LogP contribution in [0.25, 0.3) is 0 Å². The highest BCUT2D eigenvalue weighted by atomic mass is 16.5. The molecule has 3 N–H and O–H groups in total. The minimum atomic E-state index is -0.0928. The van der Waals surface area contributed by atoms with Gasteiger partial charge in [0.15, 0.2) is 0 Å². The molecular weight excluding hydrogens is 244 g/mol. The zero-order valence-electron chi connectivity index (χ0n) is 11.1. The first-order valence-corrected chi connectivity index (χ1v) is 6.61. The highest BCUT2D eigenvalue weighted by molar-refractivity contribution is 5.96. The molecular formula is C14H20N2O3. The van der Waals surface area contributed by atoms with Gasteiger partial charge in [-0.15, -0.1) is 0 Å². The zero-order chi connectivity index (χ0) is 13.8. The van der Waals surface area contributed by atoms with Crippen LogP contribution in [0.15, 0.2) is 18.2 Å². The average Bonchev–Trinajstić information content (AvgIpc) is 2.85. The van der Waals surface area contributed by atoms with Crippen molar-refractivity contribution < 1.29 is 14.6 Å². The highest BCUT2D eigenvalue weighted by Crippen LogP contribution is 2.24. The molecule has 5 heteroatoms. The SMILES string of the molecule is CCOc1cc(N)cc(C(=O)N2CCC[C@H]2CO)c1. The quantitative estimate of drug-likeness (QED) is 0.803. The van der Waals surface area contributed by atoms with E-state index in [1.807, 2.05) is 6.92 Å². The smallest absolute Gasteiger partial charge is 0.254 e. The molecule has 19 heavy (non-hydrogen) atoms. The Bertz CT molecular complexity index is 462. The van der Waals surface area contributed by atoms with Gasteiger partial charge in [0.1, 0.15) is 5.75 Å². The predicted molar refractivity (Wildman–Crippen MR) is 73.2 cm³/mol. The third-order valence-electron chi connectivity index (χ3n) is 3.34. The summed E-state index contributed by atoms with van der Waals surface area (Å²) in [6.07, 6.45) is 1.78. The molecule has 1 aliphatic heterocycles. The molecule has 0 unspecified atom stereocenters. The van der Waals surface area contributed by atoms with E-state index in [1.165, 1.54) is 0 Å². The first-order chi connectivity index (χ1) is 9.15. The fourth-order valence-corrected chi connectivity index (χ4v) is 2.45.